The molecule has 1 aliphatic heterocycles. The number of hydrogen-bond donors (Lipinski definition) is 0. The summed E-state index contributed by atoms with van der Waals surface area (Å²) in [6, 6.07) is 5.34. The molecule has 1 atom stereocenters. The summed E-state index contributed by atoms with van der Waals surface area (Å²) in [5.74, 6) is -1.81. The molecule has 3 nitrogen and oxygen atoms in total. The number of nitrogens with zero attached hydrogens (tertiary/aromatic N) is 3. The molecule has 18 heavy (non-hydrogen) atoms. The van der Waals surface area contributed by atoms with Crippen molar-refractivity contribution in [1.82, 2.24) is 9.80 Å². The summed E-state index contributed by atoms with van der Waals surface area (Å²) in [7, 11) is 2.00. The fourth-order valence-corrected chi connectivity index (χ4v) is 2.16. The van der Waals surface area contributed by atoms with Crippen LogP contribution in [-0.2, 0) is 0 Å². The Morgan fingerprint density at radius 3 is 2.50 bits per heavy atom. The fourth-order valence-electron chi connectivity index (χ4n) is 2.16. The topological polar surface area (TPSA) is 30.3 Å². The van der Waals surface area contributed by atoms with Crippen LogP contribution >= 0.6 is 0 Å². The van der Waals surface area contributed by atoms with Gasteiger partial charge in [0.25, 0.3) is 0 Å². The van der Waals surface area contributed by atoms with E-state index in [1.807, 2.05) is 11.9 Å². The van der Waals surface area contributed by atoms with E-state index in [1.165, 1.54) is 12.1 Å². The lowest BCUT2D eigenvalue weighted by molar-refractivity contribution is 0.131. The van der Waals surface area contributed by atoms with Gasteiger partial charge in [0.1, 0.15) is 6.04 Å². The molecule has 0 aliphatic carbocycles. The molecule has 1 fully saturated rings. The van der Waals surface area contributed by atoms with Crippen molar-refractivity contribution in [3.05, 3.63) is 35.4 Å². The van der Waals surface area contributed by atoms with Crippen LogP contribution < -0.4 is 0 Å². The van der Waals surface area contributed by atoms with Crippen LogP contribution in [0.5, 0.6) is 0 Å². The van der Waals surface area contributed by atoms with Crippen LogP contribution in [0.25, 0.3) is 0 Å². The minimum absolute atomic E-state index is 0.127. The van der Waals surface area contributed by atoms with E-state index in [2.05, 4.69) is 11.0 Å². The van der Waals surface area contributed by atoms with Crippen LogP contribution in [0.4, 0.5) is 8.78 Å². The Balaban J connectivity index is 2.24. The van der Waals surface area contributed by atoms with Crippen LogP contribution in [0.3, 0.4) is 0 Å². The molecule has 0 aromatic heterocycles. The van der Waals surface area contributed by atoms with Gasteiger partial charge >= 0.3 is 0 Å². The number of halogens is 2. The predicted octanol–water partition coefficient (Wildman–Crippen LogP) is 1.78. The molecule has 1 aromatic carbocycles. The molecule has 0 saturated carbocycles. The van der Waals surface area contributed by atoms with Crippen LogP contribution in [0.1, 0.15) is 11.6 Å². The molecule has 0 spiro atoms. The minimum atomic E-state index is -0.914. The van der Waals surface area contributed by atoms with Gasteiger partial charge in [-0.3, -0.25) is 4.90 Å². The molecule has 0 amide bonds. The smallest absolute Gasteiger partial charge is 0.164 e. The van der Waals surface area contributed by atoms with Gasteiger partial charge in [-0.05, 0) is 13.1 Å². The largest absolute Gasteiger partial charge is 0.304 e. The number of hydrogen-bond acceptors (Lipinski definition) is 3. The summed E-state index contributed by atoms with van der Waals surface area (Å²) >= 11 is 0. The Kier molecular flexibility index (Phi) is 3.90. The van der Waals surface area contributed by atoms with Gasteiger partial charge in [0, 0.05) is 31.7 Å². The molecule has 0 bridgehead atoms. The Morgan fingerprint density at radius 2 is 1.89 bits per heavy atom. The highest BCUT2D eigenvalue weighted by Crippen LogP contribution is 2.25. The van der Waals surface area contributed by atoms with Gasteiger partial charge in [0.05, 0.1) is 6.07 Å². The van der Waals surface area contributed by atoms with Gasteiger partial charge in [-0.1, -0.05) is 12.1 Å². The quantitative estimate of drug-likeness (QED) is 0.802. The van der Waals surface area contributed by atoms with Gasteiger partial charge < -0.3 is 4.90 Å². The zero-order valence-corrected chi connectivity index (χ0v) is 10.2. The van der Waals surface area contributed by atoms with Gasteiger partial charge in [-0.2, -0.15) is 5.26 Å². The molecule has 0 radical (unpaired) electrons. The predicted molar refractivity (Wildman–Crippen MR) is 63.8 cm³/mol. The molecule has 2 rings (SSSR count). The molecule has 5 heteroatoms. The van der Waals surface area contributed by atoms with Crippen LogP contribution in [-0.4, -0.2) is 43.0 Å². The van der Waals surface area contributed by atoms with Crippen molar-refractivity contribution in [2.75, 3.05) is 33.2 Å². The van der Waals surface area contributed by atoms with Crippen molar-refractivity contribution in [1.29, 1.82) is 5.26 Å². The minimum Gasteiger partial charge on any atom is -0.304 e. The zero-order valence-electron chi connectivity index (χ0n) is 10.2. The molecule has 1 heterocycles. The van der Waals surface area contributed by atoms with Crippen molar-refractivity contribution < 1.29 is 8.78 Å². The van der Waals surface area contributed by atoms with Crippen molar-refractivity contribution >= 4 is 0 Å². The first-order chi connectivity index (χ1) is 8.63. The Labute approximate surface area is 105 Å². The van der Waals surface area contributed by atoms with E-state index in [0.717, 1.165) is 19.2 Å². The molecule has 1 saturated heterocycles. The second kappa shape index (κ2) is 5.42. The summed E-state index contributed by atoms with van der Waals surface area (Å²) in [5, 5.41) is 9.22. The lowest BCUT2D eigenvalue weighted by atomic mass is 10.0. The van der Waals surface area contributed by atoms with E-state index in [-0.39, 0.29) is 5.56 Å². The average Bonchev–Trinajstić information content (AvgIpc) is 2.37. The van der Waals surface area contributed by atoms with Gasteiger partial charge in [0.15, 0.2) is 11.6 Å². The summed E-state index contributed by atoms with van der Waals surface area (Å²) in [6.45, 7) is 3.03. The van der Waals surface area contributed by atoms with E-state index < -0.39 is 17.7 Å². The maximum Gasteiger partial charge on any atom is 0.164 e. The number of piperazine rings is 1. The molecule has 1 unspecified atom stereocenters. The fraction of sp³-hybridized carbons (Fsp3) is 0.462. The lowest BCUT2D eigenvalue weighted by Crippen LogP contribution is -2.45. The maximum atomic E-state index is 13.7. The Morgan fingerprint density at radius 1 is 1.22 bits per heavy atom. The highest BCUT2D eigenvalue weighted by molar-refractivity contribution is 5.27. The Hall–Kier alpha value is -1.51. The van der Waals surface area contributed by atoms with Crippen LogP contribution in [0.2, 0.25) is 0 Å². The molecule has 1 aromatic rings. The van der Waals surface area contributed by atoms with Gasteiger partial charge in [-0.15, -0.1) is 0 Å². The third-order valence-electron chi connectivity index (χ3n) is 3.30. The number of benzene rings is 1. The average molecular weight is 251 g/mol. The van der Waals surface area contributed by atoms with E-state index in [4.69, 9.17) is 0 Å². The first-order valence-electron chi connectivity index (χ1n) is 5.89. The normalized spacial score (nSPS) is 19.4. The number of nitriles is 1. The first kappa shape index (κ1) is 12.9. The molecule has 1 aliphatic rings. The lowest BCUT2D eigenvalue weighted by Gasteiger charge is -2.35. The van der Waals surface area contributed by atoms with Crippen LogP contribution in [0.15, 0.2) is 18.2 Å². The Bertz CT molecular complexity index is 462. The molecular formula is C13H15F2N3. The van der Waals surface area contributed by atoms with Crippen LogP contribution in [0, 0.1) is 23.0 Å². The van der Waals surface area contributed by atoms with Crippen molar-refractivity contribution in [3.8, 4) is 6.07 Å². The summed E-state index contributed by atoms with van der Waals surface area (Å²) in [5.41, 5.74) is 0.127. The van der Waals surface area contributed by atoms with E-state index in [0.29, 0.717) is 13.1 Å². The third-order valence-corrected chi connectivity index (χ3v) is 3.30. The zero-order chi connectivity index (χ0) is 13.1. The van der Waals surface area contributed by atoms with E-state index >= 15 is 0 Å². The first-order valence-corrected chi connectivity index (χ1v) is 5.89. The van der Waals surface area contributed by atoms with Crippen molar-refractivity contribution in [2.45, 2.75) is 6.04 Å². The number of rotatable bonds is 2. The number of likely N-dealkylation sites (N-methyl/N-ethyl adjacent to an activating group) is 1. The second-order valence-electron chi connectivity index (χ2n) is 4.51. The standard InChI is InChI=1S/C13H15F2N3/c1-17-5-7-18(8-6-17)12(9-16)10-3-2-4-11(14)13(10)15/h2-4,12H,5-8H2,1H3. The highest BCUT2D eigenvalue weighted by Gasteiger charge is 2.26. The third kappa shape index (κ3) is 2.50. The van der Waals surface area contributed by atoms with Gasteiger partial charge in [-0.25, -0.2) is 8.78 Å². The van der Waals surface area contributed by atoms with Crippen molar-refractivity contribution in [3.63, 3.8) is 0 Å². The molecule has 0 N–H and O–H groups in total. The van der Waals surface area contributed by atoms with E-state index in [1.54, 1.807) is 0 Å². The molecular weight excluding hydrogens is 236 g/mol. The SMILES string of the molecule is CN1CCN(C(C#N)c2cccc(F)c2F)CC1. The van der Waals surface area contributed by atoms with Gasteiger partial charge in [0.2, 0.25) is 0 Å². The molecule has 96 valence electrons. The highest BCUT2D eigenvalue weighted by atomic mass is 19.2. The summed E-state index contributed by atoms with van der Waals surface area (Å²) in [6.07, 6.45) is 0. The van der Waals surface area contributed by atoms with E-state index in [9.17, 15) is 14.0 Å². The summed E-state index contributed by atoms with van der Waals surface area (Å²) in [4.78, 5) is 4.03. The second-order valence-corrected chi connectivity index (χ2v) is 4.51. The monoisotopic (exact) mass is 251 g/mol. The summed E-state index contributed by atoms with van der Waals surface area (Å²) < 4.78 is 26.9. The maximum absolute atomic E-state index is 13.7. The van der Waals surface area contributed by atoms with Crippen molar-refractivity contribution in [2.24, 2.45) is 0 Å².